The van der Waals surface area contributed by atoms with Crippen molar-refractivity contribution in [3.8, 4) is 0 Å². The number of β-lactam (4-membered cyclic amide) rings is 1. The fourth-order valence-corrected chi connectivity index (χ4v) is 6.49. The van der Waals surface area contributed by atoms with Gasteiger partial charge in [0.2, 0.25) is 23.3 Å². The smallest absolute Gasteiger partial charge is 0.352 e. The number of tetrazole rings is 1. The number of hydrogen-bond donors (Lipinski definition) is 5. The molecule has 1 fully saturated rings. The zero-order valence-corrected chi connectivity index (χ0v) is 22.9. The number of nitrogens with two attached hydrogens (primary N) is 2. The van der Waals surface area contributed by atoms with Crippen molar-refractivity contribution in [1.82, 2.24) is 39.8 Å². The fourth-order valence-electron chi connectivity index (χ4n) is 3.67. The van der Waals surface area contributed by atoms with Gasteiger partial charge in [-0.2, -0.15) is 9.36 Å². The number of aryl methyl sites for hydroxylation is 1. The molecule has 2 aliphatic heterocycles. The Bertz CT molecular complexity index is 1360. The molecule has 214 valence electrons. The summed E-state index contributed by atoms with van der Waals surface area (Å²) in [7, 11) is 0. The molecule has 0 saturated carbocycles. The summed E-state index contributed by atoms with van der Waals surface area (Å²) in [5.41, 5.74) is 10.9. The van der Waals surface area contributed by atoms with Gasteiger partial charge in [0.1, 0.15) is 17.1 Å². The summed E-state index contributed by atoms with van der Waals surface area (Å²) in [5.74, 6) is -3.90. The molecule has 1 saturated heterocycles. The highest BCUT2D eigenvalue weighted by molar-refractivity contribution is 8.01. The van der Waals surface area contributed by atoms with Crippen molar-refractivity contribution in [2.45, 2.75) is 36.0 Å². The zero-order valence-electron chi connectivity index (χ0n) is 20.5. The predicted octanol–water partition coefficient (Wildman–Crippen LogP) is -1.82. The number of nitrogens with zero attached hydrogens (tertiary/aromatic N) is 8. The van der Waals surface area contributed by atoms with Crippen LogP contribution in [0.5, 0.6) is 0 Å². The molecule has 4 heterocycles. The summed E-state index contributed by atoms with van der Waals surface area (Å²) in [6.07, 6.45) is 1.59. The van der Waals surface area contributed by atoms with E-state index in [0.717, 1.165) is 29.3 Å². The predicted molar refractivity (Wildman–Crippen MR) is 141 cm³/mol. The summed E-state index contributed by atoms with van der Waals surface area (Å²) >= 11 is 3.30. The number of nitrogen functional groups attached to an aromatic ring is 1. The van der Waals surface area contributed by atoms with E-state index >= 15 is 0 Å². The zero-order chi connectivity index (χ0) is 28.8. The Morgan fingerprint density at radius 2 is 2.08 bits per heavy atom. The van der Waals surface area contributed by atoms with Crippen molar-refractivity contribution >= 4 is 69.7 Å². The summed E-state index contributed by atoms with van der Waals surface area (Å²) in [6, 6.07) is -1.09. The van der Waals surface area contributed by atoms with Crippen molar-refractivity contribution in [3.63, 3.8) is 0 Å². The fraction of sp³-hybridized carbons (Fsp3) is 0.474. The quantitative estimate of drug-likeness (QED) is 0.0516. The van der Waals surface area contributed by atoms with E-state index in [1.807, 2.05) is 0 Å². The van der Waals surface area contributed by atoms with Crippen molar-refractivity contribution in [3.05, 3.63) is 17.1 Å². The Kier molecular flexibility index (Phi) is 9.50. The Labute approximate surface area is 237 Å². The monoisotopic (exact) mass is 613 g/mol. The van der Waals surface area contributed by atoms with E-state index in [1.54, 1.807) is 4.68 Å². The van der Waals surface area contributed by atoms with E-state index in [9.17, 15) is 24.3 Å². The molecule has 0 radical (unpaired) electrons. The molecule has 2 aromatic heterocycles. The van der Waals surface area contributed by atoms with Gasteiger partial charge in [0.25, 0.3) is 11.8 Å². The van der Waals surface area contributed by atoms with Crippen LogP contribution in [0.3, 0.4) is 0 Å². The third-order valence-corrected chi connectivity index (χ3v) is 8.37. The van der Waals surface area contributed by atoms with Gasteiger partial charge >= 0.3 is 11.9 Å². The van der Waals surface area contributed by atoms with Crippen LogP contribution >= 0.6 is 35.1 Å². The number of aliphatic carboxylic acids is 2. The second-order valence-corrected chi connectivity index (χ2v) is 11.0. The van der Waals surface area contributed by atoms with Crippen LogP contribution in [0.15, 0.2) is 21.6 Å². The minimum Gasteiger partial charge on any atom is -0.479 e. The van der Waals surface area contributed by atoms with Gasteiger partial charge < -0.3 is 31.8 Å². The van der Waals surface area contributed by atoms with Crippen LogP contribution < -0.4 is 16.8 Å². The molecule has 0 spiro atoms. The van der Waals surface area contributed by atoms with Gasteiger partial charge in [0.15, 0.2) is 5.13 Å². The van der Waals surface area contributed by atoms with Crippen molar-refractivity contribution < 1.29 is 34.2 Å². The van der Waals surface area contributed by atoms with E-state index in [0.29, 0.717) is 23.8 Å². The molecule has 2 aliphatic rings. The minimum atomic E-state index is -1.33. The summed E-state index contributed by atoms with van der Waals surface area (Å²) in [6.45, 7) is 0.278. The lowest BCUT2D eigenvalue weighted by molar-refractivity contribution is -0.150. The molecule has 0 aromatic carbocycles. The highest BCUT2D eigenvalue weighted by atomic mass is 32.2. The Morgan fingerprint density at radius 3 is 2.75 bits per heavy atom. The lowest BCUT2D eigenvalue weighted by Crippen LogP contribution is -2.71. The van der Waals surface area contributed by atoms with Gasteiger partial charge in [-0.3, -0.25) is 14.5 Å². The van der Waals surface area contributed by atoms with Crippen LogP contribution in [-0.4, -0.2) is 110 Å². The van der Waals surface area contributed by atoms with Crippen LogP contribution in [0.1, 0.15) is 18.7 Å². The number of carbonyl (C=O) groups is 4. The number of carboxylic acid groups (broad SMARTS) is 2. The molecule has 2 atom stereocenters. The highest BCUT2D eigenvalue weighted by Gasteiger charge is 2.54. The molecular weight excluding hydrogens is 590 g/mol. The van der Waals surface area contributed by atoms with Gasteiger partial charge in [0, 0.05) is 29.6 Å². The molecule has 2 aromatic rings. The van der Waals surface area contributed by atoms with E-state index in [1.165, 1.54) is 23.5 Å². The molecule has 0 aliphatic carbocycles. The first-order valence-corrected chi connectivity index (χ1v) is 14.3. The number of carbonyl (C=O) groups excluding carboxylic acids is 2. The SMILES string of the molecule is NCCCCn1nnnc1SCC1=C(C(=O)O)N2C(=O)C(NC(=O)C(=NOCC(=O)O)c3nsc(N)n3)[C@@H]2SC1. The average molecular weight is 614 g/mol. The Hall–Kier alpha value is -3.82. The molecule has 21 heteroatoms. The van der Waals surface area contributed by atoms with Crippen molar-refractivity contribution in [2.24, 2.45) is 10.9 Å². The lowest BCUT2D eigenvalue weighted by atomic mass is 10.0. The van der Waals surface area contributed by atoms with Gasteiger partial charge in [-0.05, 0) is 35.4 Å². The highest BCUT2D eigenvalue weighted by Crippen LogP contribution is 2.41. The molecular formula is C19H23N11O7S3. The van der Waals surface area contributed by atoms with E-state index in [2.05, 4.69) is 40.2 Å². The number of fused-ring (bicyclic) bond motifs is 1. The number of amides is 2. The number of oxime groups is 1. The van der Waals surface area contributed by atoms with E-state index < -0.39 is 47.5 Å². The first-order chi connectivity index (χ1) is 19.2. The largest absolute Gasteiger partial charge is 0.479 e. The van der Waals surface area contributed by atoms with Crippen LogP contribution in [0.25, 0.3) is 0 Å². The molecule has 2 amide bonds. The average Bonchev–Trinajstić information content (AvgIpc) is 3.56. The first-order valence-electron chi connectivity index (χ1n) is 11.5. The van der Waals surface area contributed by atoms with Gasteiger partial charge in [-0.25, -0.2) is 14.3 Å². The molecule has 1 unspecified atom stereocenters. The third kappa shape index (κ3) is 6.48. The summed E-state index contributed by atoms with van der Waals surface area (Å²) < 4.78 is 5.49. The van der Waals surface area contributed by atoms with Crippen LogP contribution in [0.4, 0.5) is 5.13 Å². The number of carboxylic acids is 2. The van der Waals surface area contributed by atoms with Crippen molar-refractivity contribution in [2.75, 3.05) is 30.4 Å². The minimum absolute atomic E-state index is 0.0219. The maximum Gasteiger partial charge on any atom is 0.352 e. The topological polar surface area (TPSA) is 267 Å². The maximum absolute atomic E-state index is 13.0. The number of unbranched alkanes of at least 4 members (excludes halogenated alkanes) is 1. The molecule has 7 N–H and O–H groups in total. The molecule has 4 rings (SSSR count). The van der Waals surface area contributed by atoms with Gasteiger partial charge in [-0.15, -0.1) is 16.9 Å². The first kappa shape index (κ1) is 29.2. The van der Waals surface area contributed by atoms with Crippen molar-refractivity contribution in [1.29, 1.82) is 0 Å². The van der Waals surface area contributed by atoms with Crippen LogP contribution in [0, 0.1) is 0 Å². The second kappa shape index (κ2) is 13.0. The number of thioether (sulfide) groups is 2. The van der Waals surface area contributed by atoms with E-state index in [4.69, 9.17) is 16.6 Å². The third-order valence-electron chi connectivity index (χ3n) is 5.45. The second-order valence-electron chi connectivity index (χ2n) is 8.15. The number of aromatic nitrogens is 6. The van der Waals surface area contributed by atoms with E-state index in [-0.39, 0.29) is 28.2 Å². The number of hydrogen-bond acceptors (Lipinski definition) is 16. The molecule has 18 nitrogen and oxygen atoms in total. The van der Waals surface area contributed by atoms with Gasteiger partial charge in [0.05, 0.1) is 0 Å². The number of rotatable bonds is 14. The summed E-state index contributed by atoms with van der Waals surface area (Å²) in [5, 5.41) is 36.1. The Balaban J connectivity index is 1.45. The van der Waals surface area contributed by atoms with Crippen LogP contribution in [-0.2, 0) is 30.6 Å². The standard InChI is InChI=1S/C19H23N11O7S3/c20-3-1-2-4-29-19(24-27-28-29)39-7-8-6-38-16-11(15(34)30(16)12(8)17(35)36)22-14(33)10(25-37-5-9(31)32)13-23-18(21)40-26-13/h11,16H,1-7,20H2,(H,22,33)(H,31,32)(H,35,36)(H2,21,23,26)/t11?,16-/m0/s1. The maximum atomic E-state index is 13.0. The van der Waals surface area contributed by atoms with Gasteiger partial charge in [-0.1, -0.05) is 16.9 Å². The summed E-state index contributed by atoms with van der Waals surface area (Å²) in [4.78, 5) is 58.6. The van der Waals surface area contributed by atoms with Crippen LogP contribution in [0.2, 0.25) is 0 Å². The molecule has 0 bridgehead atoms. The number of anilines is 1. The number of nitrogens with one attached hydrogen (secondary N) is 1. The molecule has 40 heavy (non-hydrogen) atoms. The normalized spacial score (nSPS) is 18.8. The lowest BCUT2D eigenvalue weighted by Gasteiger charge is -2.49. The Morgan fingerprint density at radius 1 is 1.27 bits per heavy atom.